The van der Waals surface area contributed by atoms with Crippen molar-refractivity contribution in [2.75, 3.05) is 7.11 Å². The predicted molar refractivity (Wildman–Crippen MR) is 104 cm³/mol. The van der Waals surface area contributed by atoms with Crippen LogP contribution >= 0.6 is 0 Å². The zero-order chi connectivity index (χ0) is 20.2. The van der Waals surface area contributed by atoms with Crippen LogP contribution < -0.4 is 10.2 Å². The first kappa shape index (κ1) is 19.7. The third-order valence-corrected chi connectivity index (χ3v) is 4.96. The van der Waals surface area contributed by atoms with Crippen LogP contribution in [-0.2, 0) is 14.0 Å². The first-order chi connectivity index (χ1) is 12.3. The Kier molecular flexibility index (Phi) is 4.55. The molecule has 1 aliphatic heterocycles. The van der Waals surface area contributed by atoms with Gasteiger partial charge in [0.15, 0.2) is 0 Å². The summed E-state index contributed by atoms with van der Waals surface area (Å²) in [6.07, 6.45) is -0.568. The summed E-state index contributed by atoms with van der Waals surface area (Å²) in [5, 5.41) is 4.97. The number of aromatic nitrogens is 2. The summed E-state index contributed by atoms with van der Waals surface area (Å²) < 4.78 is 24.2. The molecule has 0 bridgehead atoms. The number of nitrogens with zero attached hydrogens (tertiary/aromatic N) is 2. The Balaban J connectivity index is 2.04. The van der Waals surface area contributed by atoms with Gasteiger partial charge in [-0.1, -0.05) is 6.07 Å². The molecule has 1 aromatic carbocycles. The minimum atomic E-state index is -0.633. The van der Waals surface area contributed by atoms with Crippen LogP contribution in [0.15, 0.2) is 18.2 Å². The maximum atomic E-state index is 12.6. The molecule has 0 saturated carbocycles. The highest BCUT2D eigenvalue weighted by atomic mass is 16.7. The molecule has 1 saturated heterocycles. The average Bonchev–Trinajstić information content (AvgIpc) is 2.99. The van der Waals surface area contributed by atoms with Crippen molar-refractivity contribution in [1.29, 1.82) is 0 Å². The number of fused-ring (bicyclic) bond motifs is 1. The topological polar surface area (TPSA) is 71.8 Å². The molecule has 27 heavy (non-hydrogen) atoms. The van der Waals surface area contributed by atoms with Crippen molar-refractivity contribution in [2.45, 2.75) is 65.3 Å². The summed E-state index contributed by atoms with van der Waals surface area (Å²) >= 11 is 0. The maximum absolute atomic E-state index is 12.6. The minimum Gasteiger partial charge on any atom is -0.479 e. The second-order valence-electron chi connectivity index (χ2n) is 8.77. The first-order valence-electron chi connectivity index (χ1n) is 9.00. The number of ether oxygens (including phenoxy) is 2. The molecule has 2 heterocycles. The quantitative estimate of drug-likeness (QED) is 0.753. The lowest BCUT2D eigenvalue weighted by atomic mass is 9.79. The smallest absolute Gasteiger partial charge is 0.479 e. The van der Waals surface area contributed by atoms with Gasteiger partial charge in [-0.3, -0.25) is 0 Å². The zero-order valence-electron chi connectivity index (χ0n) is 17.2. The van der Waals surface area contributed by atoms with Crippen LogP contribution in [0, 0.1) is 0 Å². The van der Waals surface area contributed by atoms with Crippen LogP contribution in [0.25, 0.3) is 10.9 Å². The molecule has 146 valence electrons. The molecular weight excluding hydrogens is 347 g/mol. The van der Waals surface area contributed by atoms with Crippen molar-refractivity contribution in [2.24, 2.45) is 0 Å². The third kappa shape index (κ3) is 3.56. The van der Waals surface area contributed by atoms with E-state index in [0.29, 0.717) is 16.8 Å². The summed E-state index contributed by atoms with van der Waals surface area (Å²) in [4.78, 5) is 12.6. The summed E-state index contributed by atoms with van der Waals surface area (Å²) in [6, 6.07) is 5.58. The summed E-state index contributed by atoms with van der Waals surface area (Å²) in [5.74, 6) is 0.358. The van der Waals surface area contributed by atoms with Crippen LogP contribution in [0.3, 0.4) is 0 Å². The molecule has 0 spiro atoms. The van der Waals surface area contributed by atoms with Gasteiger partial charge in [-0.15, -0.1) is 5.10 Å². The number of benzene rings is 1. The number of hydrogen-bond donors (Lipinski definition) is 0. The van der Waals surface area contributed by atoms with Crippen LogP contribution in [0.1, 0.15) is 48.5 Å². The van der Waals surface area contributed by atoms with E-state index in [9.17, 15) is 4.79 Å². The molecule has 1 aliphatic rings. The molecule has 3 rings (SSSR count). The van der Waals surface area contributed by atoms with E-state index in [1.165, 1.54) is 11.8 Å². The Hall–Kier alpha value is -2.06. The van der Waals surface area contributed by atoms with Crippen molar-refractivity contribution in [3.63, 3.8) is 0 Å². The van der Waals surface area contributed by atoms with Gasteiger partial charge in [-0.25, -0.2) is 4.79 Å². The van der Waals surface area contributed by atoms with Crippen molar-refractivity contribution in [1.82, 2.24) is 9.78 Å². The van der Waals surface area contributed by atoms with Crippen LogP contribution in [0.5, 0.6) is 5.88 Å². The van der Waals surface area contributed by atoms with Gasteiger partial charge in [0.1, 0.15) is 5.60 Å². The van der Waals surface area contributed by atoms with Gasteiger partial charge in [0, 0.05) is 0 Å². The molecule has 1 aromatic heterocycles. The fourth-order valence-corrected chi connectivity index (χ4v) is 2.82. The average molecular weight is 374 g/mol. The number of carbonyl (C=O) groups is 1. The molecule has 0 amide bonds. The molecule has 0 atom stereocenters. The Labute approximate surface area is 160 Å². The minimum absolute atomic E-state index is 0.358. The van der Waals surface area contributed by atoms with Gasteiger partial charge < -0.3 is 18.8 Å². The van der Waals surface area contributed by atoms with E-state index in [1.54, 1.807) is 0 Å². The second kappa shape index (κ2) is 6.24. The predicted octanol–water partition coefficient (Wildman–Crippen LogP) is 3.13. The molecular formula is C19H27BN2O5. The standard InChI is InChI=1S/C19H27BN2O5/c1-17(2,3)25-16(23)22-14-11-12(9-10-13(14)15(21-22)24-8)20-26-18(4,5)19(6,7)27-20/h9-11H,1-8H3. The van der Waals surface area contributed by atoms with Crippen LogP contribution in [0.4, 0.5) is 4.79 Å². The van der Waals surface area contributed by atoms with Crippen molar-refractivity contribution >= 4 is 29.6 Å². The van der Waals surface area contributed by atoms with E-state index in [1.807, 2.05) is 66.7 Å². The third-order valence-electron chi connectivity index (χ3n) is 4.96. The molecule has 0 radical (unpaired) electrons. The zero-order valence-corrected chi connectivity index (χ0v) is 17.2. The Bertz CT molecular complexity index is 866. The van der Waals surface area contributed by atoms with Crippen LogP contribution in [-0.4, -0.2) is 46.9 Å². The second-order valence-corrected chi connectivity index (χ2v) is 8.77. The molecule has 0 unspecified atom stereocenters. The van der Waals surface area contributed by atoms with Gasteiger partial charge in [-0.2, -0.15) is 4.68 Å². The van der Waals surface area contributed by atoms with E-state index in [0.717, 1.165) is 5.46 Å². The molecule has 8 heteroatoms. The van der Waals surface area contributed by atoms with E-state index in [2.05, 4.69) is 5.10 Å². The molecule has 0 N–H and O–H groups in total. The Morgan fingerprint density at radius 2 is 1.74 bits per heavy atom. The lowest BCUT2D eigenvalue weighted by Gasteiger charge is -2.32. The Morgan fingerprint density at radius 3 is 2.26 bits per heavy atom. The van der Waals surface area contributed by atoms with E-state index < -0.39 is 30.0 Å². The summed E-state index contributed by atoms with van der Waals surface area (Å²) in [5.41, 5.74) is -0.154. The van der Waals surface area contributed by atoms with Crippen molar-refractivity contribution < 1.29 is 23.6 Å². The highest BCUT2D eigenvalue weighted by Crippen LogP contribution is 2.37. The number of carbonyl (C=O) groups excluding carboxylic acids is 1. The molecule has 1 fully saturated rings. The van der Waals surface area contributed by atoms with Gasteiger partial charge in [0.2, 0.25) is 5.88 Å². The number of methoxy groups -OCH3 is 1. The fourth-order valence-electron chi connectivity index (χ4n) is 2.82. The summed E-state index contributed by atoms with van der Waals surface area (Å²) in [7, 11) is 0.982. The van der Waals surface area contributed by atoms with Gasteiger partial charge >= 0.3 is 13.2 Å². The van der Waals surface area contributed by atoms with Gasteiger partial charge in [0.25, 0.3) is 0 Å². The summed E-state index contributed by atoms with van der Waals surface area (Å²) in [6.45, 7) is 13.4. The lowest BCUT2D eigenvalue weighted by molar-refractivity contribution is 0.00578. The maximum Gasteiger partial charge on any atom is 0.494 e. The lowest BCUT2D eigenvalue weighted by Crippen LogP contribution is -2.41. The number of rotatable bonds is 2. The fraction of sp³-hybridized carbons (Fsp3) is 0.579. The van der Waals surface area contributed by atoms with E-state index >= 15 is 0 Å². The van der Waals surface area contributed by atoms with Crippen molar-refractivity contribution in [3.05, 3.63) is 18.2 Å². The van der Waals surface area contributed by atoms with E-state index in [4.69, 9.17) is 18.8 Å². The molecule has 7 nitrogen and oxygen atoms in total. The Morgan fingerprint density at radius 1 is 1.15 bits per heavy atom. The first-order valence-corrected chi connectivity index (χ1v) is 9.00. The highest BCUT2D eigenvalue weighted by Gasteiger charge is 2.51. The van der Waals surface area contributed by atoms with Gasteiger partial charge in [0.05, 0.1) is 29.2 Å². The molecule has 2 aromatic rings. The highest BCUT2D eigenvalue weighted by molar-refractivity contribution is 6.62. The van der Waals surface area contributed by atoms with Crippen molar-refractivity contribution in [3.8, 4) is 5.88 Å². The normalized spacial score (nSPS) is 18.7. The number of hydrogen-bond acceptors (Lipinski definition) is 6. The van der Waals surface area contributed by atoms with Crippen LogP contribution in [0.2, 0.25) is 0 Å². The van der Waals surface area contributed by atoms with Gasteiger partial charge in [-0.05, 0) is 66.1 Å². The molecule has 0 aliphatic carbocycles. The van der Waals surface area contributed by atoms with E-state index in [-0.39, 0.29) is 0 Å². The largest absolute Gasteiger partial charge is 0.494 e. The monoisotopic (exact) mass is 374 g/mol. The SMILES string of the molecule is COc1nn(C(=O)OC(C)(C)C)c2cc(B3OC(C)(C)C(C)(C)O3)ccc12.